The lowest BCUT2D eigenvalue weighted by Gasteiger charge is -2.23. The van der Waals surface area contributed by atoms with Gasteiger partial charge in [0.05, 0.1) is 14.2 Å². The number of benzene rings is 2. The van der Waals surface area contributed by atoms with Gasteiger partial charge in [-0.25, -0.2) is 0 Å². The van der Waals surface area contributed by atoms with Gasteiger partial charge in [-0.15, -0.1) is 0 Å². The SMILES string of the molecule is CCN(C(=O)CCNC(=O)c1cc(OC)cc(OC)c1)c1ccccc1C. The van der Waals surface area contributed by atoms with Crippen LogP contribution in [0, 0.1) is 6.92 Å². The van der Waals surface area contributed by atoms with Crippen molar-refractivity contribution in [3.63, 3.8) is 0 Å². The molecule has 2 aromatic rings. The molecule has 2 aromatic carbocycles. The molecule has 6 nitrogen and oxygen atoms in total. The average molecular weight is 370 g/mol. The average Bonchev–Trinajstić information content (AvgIpc) is 2.69. The van der Waals surface area contributed by atoms with E-state index in [1.807, 2.05) is 38.1 Å². The number of carbonyl (C=O) groups is 2. The topological polar surface area (TPSA) is 67.9 Å². The van der Waals surface area contributed by atoms with E-state index in [4.69, 9.17) is 9.47 Å². The minimum Gasteiger partial charge on any atom is -0.497 e. The first kappa shape index (κ1) is 20.3. The van der Waals surface area contributed by atoms with Gasteiger partial charge in [-0.2, -0.15) is 0 Å². The van der Waals surface area contributed by atoms with Crippen LogP contribution in [0.25, 0.3) is 0 Å². The first-order chi connectivity index (χ1) is 13.0. The molecule has 0 aliphatic rings. The molecule has 2 rings (SSSR count). The Hall–Kier alpha value is -3.02. The summed E-state index contributed by atoms with van der Waals surface area (Å²) >= 11 is 0. The summed E-state index contributed by atoms with van der Waals surface area (Å²) in [7, 11) is 3.06. The third-order valence-electron chi connectivity index (χ3n) is 4.26. The smallest absolute Gasteiger partial charge is 0.251 e. The fourth-order valence-corrected chi connectivity index (χ4v) is 2.81. The van der Waals surface area contributed by atoms with Crippen LogP contribution in [0.5, 0.6) is 11.5 Å². The van der Waals surface area contributed by atoms with Crippen LogP contribution in [0.15, 0.2) is 42.5 Å². The van der Waals surface area contributed by atoms with Crippen LogP contribution in [-0.2, 0) is 4.79 Å². The molecule has 0 atom stereocenters. The molecule has 1 N–H and O–H groups in total. The van der Waals surface area contributed by atoms with Crippen molar-refractivity contribution in [1.82, 2.24) is 5.32 Å². The second-order valence-electron chi connectivity index (χ2n) is 6.03. The highest BCUT2D eigenvalue weighted by Crippen LogP contribution is 2.22. The van der Waals surface area contributed by atoms with E-state index in [9.17, 15) is 9.59 Å². The molecule has 6 heteroatoms. The molecular weight excluding hydrogens is 344 g/mol. The Labute approximate surface area is 160 Å². The molecule has 0 spiro atoms. The zero-order chi connectivity index (χ0) is 19.8. The van der Waals surface area contributed by atoms with Gasteiger partial charge in [0.15, 0.2) is 0 Å². The Bertz CT molecular complexity index is 782. The van der Waals surface area contributed by atoms with Crippen LogP contribution >= 0.6 is 0 Å². The van der Waals surface area contributed by atoms with Crippen molar-refractivity contribution in [2.75, 3.05) is 32.2 Å². The van der Waals surface area contributed by atoms with Crippen LogP contribution in [0.1, 0.15) is 29.3 Å². The standard InChI is InChI=1S/C21H26N2O4/c1-5-23(19-9-7-6-8-15(19)2)20(24)10-11-22-21(25)16-12-17(26-3)14-18(13-16)27-4/h6-9,12-14H,5,10-11H2,1-4H3,(H,22,25). The Morgan fingerprint density at radius 3 is 2.22 bits per heavy atom. The van der Waals surface area contributed by atoms with Gasteiger partial charge in [-0.05, 0) is 37.6 Å². The molecule has 0 heterocycles. The first-order valence-electron chi connectivity index (χ1n) is 8.87. The van der Waals surface area contributed by atoms with Crippen molar-refractivity contribution in [1.29, 1.82) is 0 Å². The molecule has 0 saturated carbocycles. The largest absolute Gasteiger partial charge is 0.497 e. The van der Waals surface area contributed by atoms with Crippen LogP contribution < -0.4 is 19.7 Å². The van der Waals surface area contributed by atoms with Crippen molar-refractivity contribution >= 4 is 17.5 Å². The van der Waals surface area contributed by atoms with Crippen molar-refractivity contribution in [2.45, 2.75) is 20.3 Å². The predicted octanol–water partition coefficient (Wildman–Crippen LogP) is 3.19. The number of rotatable bonds is 8. The predicted molar refractivity (Wildman–Crippen MR) is 106 cm³/mol. The van der Waals surface area contributed by atoms with Gasteiger partial charge in [0.25, 0.3) is 5.91 Å². The molecule has 27 heavy (non-hydrogen) atoms. The Kier molecular flexibility index (Phi) is 7.23. The fraction of sp³-hybridized carbons (Fsp3) is 0.333. The van der Waals surface area contributed by atoms with E-state index >= 15 is 0 Å². The molecule has 0 bridgehead atoms. The maximum atomic E-state index is 12.6. The van der Waals surface area contributed by atoms with Crippen molar-refractivity contribution in [3.8, 4) is 11.5 Å². The van der Waals surface area contributed by atoms with Gasteiger partial charge >= 0.3 is 0 Å². The summed E-state index contributed by atoms with van der Waals surface area (Å²) in [6.45, 7) is 4.74. The summed E-state index contributed by atoms with van der Waals surface area (Å²) in [5.41, 5.74) is 2.36. The van der Waals surface area contributed by atoms with E-state index in [0.29, 0.717) is 23.6 Å². The number of amides is 2. The summed E-state index contributed by atoms with van der Waals surface area (Å²) in [4.78, 5) is 26.7. The Morgan fingerprint density at radius 2 is 1.67 bits per heavy atom. The zero-order valence-electron chi connectivity index (χ0n) is 16.2. The molecule has 0 saturated heterocycles. The van der Waals surface area contributed by atoms with Crippen LogP contribution in [0.2, 0.25) is 0 Å². The van der Waals surface area contributed by atoms with Crippen molar-refractivity contribution < 1.29 is 19.1 Å². The highest BCUT2D eigenvalue weighted by Gasteiger charge is 2.16. The quantitative estimate of drug-likeness (QED) is 0.775. The molecule has 0 aliphatic carbocycles. The van der Waals surface area contributed by atoms with Gasteiger partial charge in [-0.3, -0.25) is 9.59 Å². The van der Waals surface area contributed by atoms with Crippen molar-refractivity contribution in [2.24, 2.45) is 0 Å². The number of nitrogens with zero attached hydrogens (tertiary/aromatic N) is 1. The summed E-state index contributed by atoms with van der Waals surface area (Å²) in [5.74, 6) is 0.758. The number of anilines is 1. The van der Waals surface area contributed by atoms with E-state index in [0.717, 1.165) is 11.3 Å². The van der Waals surface area contributed by atoms with E-state index in [1.54, 1.807) is 23.1 Å². The van der Waals surface area contributed by atoms with Gasteiger partial charge in [0, 0.05) is 36.8 Å². The number of ether oxygens (including phenoxy) is 2. The zero-order valence-corrected chi connectivity index (χ0v) is 16.2. The van der Waals surface area contributed by atoms with Crippen LogP contribution in [-0.4, -0.2) is 39.1 Å². The lowest BCUT2D eigenvalue weighted by Crippen LogP contribution is -2.34. The third kappa shape index (κ3) is 5.23. The third-order valence-corrected chi connectivity index (χ3v) is 4.26. The maximum absolute atomic E-state index is 12.6. The van der Waals surface area contributed by atoms with Crippen molar-refractivity contribution in [3.05, 3.63) is 53.6 Å². The molecule has 144 valence electrons. The summed E-state index contributed by atoms with van der Waals surface area (Å²) < 4.78 is 10.4. The van der Waals surface area contributed by atoms with E-state index < -0.39 is 0 Å². The summed E-state index contributed by atoms with van der Waals surface area (Å²) in [6.07, 6.45) is 0.217. The second kappa shape index (κ2) is 9.62. The second-order valence-corrected chi connectivity index (χ2v) is 6.03. The lowest BCUT2D eigenvalue weighted by atomic mass is 10.1. The van der Waals surface area contributed by atoms with Gasteiger partial charge in [0.1, 0.15) is 11.5 Å². The minimum atomic E-state index is -0.279. The van der Waals surface area contributed by atoms with E-state index in [-0.39, 0.29) is 24.8 Å². The van der Waals surface area contributed by atoms with Crippen LogP contribution in [0.4, 0.5) is 5.69 Å². The number of methoxy groups -OCH3 is 2. The van der Waals surface area contributed by atoms with E-state index in [2.05, 4.69) is 5.32 Å². The Morgan fingerprint density at radius 1 is 1.04 bits per heavy atom. The maximum Gasteiger partial charge on any atom is 0.251 e. The summed E-state index contributed by atoms with van der Waals surface area (Å²) in [5, 5.41) is 2.78. The Balaban J connectivity index is 1.98. The van der Waals surface area contributed by atoms with Gasteiger partial charge in [-0.1, -0.05) is 18.2 Å². The number of aryl methyl sites for hydroxylation is 1. The molecular formula is C21H26N2O4. The monoisotopic (exact) mass is 370 g/mol. The highest BCUT2D eigenvalue weighted by atomic mass is 16.5. The molecule has 2 amide bonds. The van der Waals surface area contributed by atoms with Crippen LogP contribution in [0.3, 0.4) is 0 Å². The highest BCUT2D eigenvalue weighted by molar-refractivity contribution is 5.96. The van der Waals surface area contributed by atoms with Gasteiger partial charge in [0.2, 0.25) is 5.91 Å². The molecule has 0 aromatic heterocycles. The molecule has 0 unspecified atom stereocenters. The number of hydrogen-bond acceptors (Lipinski definition) is 4. The van der Waals surface area contributed by atoms with Gasteiger partial charge < -0.3 is 19.7 Å². The minimum absolute atomic E-state index is 0.0321. The van der Waals surface area contributed by atoms with E-state index in [1.165, 1.54) is 14.2 Å². The molecule has 0 radical (unpaired) electrons. The normalized spacial score (nSPS) is 10.2. The lowest BCUT2D eigenvalue weighted by molar-refractivity contribution is -0.118. The fourth-order valence-electron chi connectivity index (χ4n) is 2.81. The number of para-hydroxylation sites is 1. The molecule has 0 aliphatic heterocycles. The first-order valence-corrected chi connectivity index (χ1v) is 8.87. The number of hydrogen-bond donors (Lipinski definition) is 1. The summed E-state index contributed by atoms with van der Waals surface area (Å²) in [6, 6.07) is 12.7. The number of carbonyl (C=O) groups excluding carboxylic acids is 2. The molecule has 0 fully saturated rings. The number of nitrogens with one attached hydrogen (secondary N) is 1.